The van der Waals surface area contributed by atoms with Crippen molar-refractivity contribution in [2.24, 2.45) is 5.92 Å². The fraction of sp³-hybridized carbons (Fsp3) is 0.481. The molecule has 0 bridgehead atoms. The van der Waals surface area contributed by atoms with Crippen LogP contribution in [0.25, 0.3) is 0 Å². The highest BCUT2D eigenvalue weighted by atomic mass is 35.5. The molecule has 0 fully saturated rings. The summed E-state index contributed by atoms with van der Waals surface area (Å²) in [6.07, 6.45) is 1.45. The van der Waals surface area contributed by atoms with Crippen LogP contribution in [0, 0.1) is 5.92 Å². The molecule has 0 radical (unpaired) electrons. The number of amides is 2. The molecule has 11 heteroatoms. The van der Waals surface area contributed by atoms with Crippen molar-refractivity contribution in [1.82, 2.24) is 10.2 Å². The summed E-state index contributed by atoms with van der Waals surface area (Å²) in [4.78, 5) is 27.7. The standard InChI is InChI=1S/C27H36ClN3O6S/c1-19(2)17-29-27(33)20(3)30(18-21-7-9-22(28)10-8-21)26(32)6-5-13-31(38(4,34)35)23-11-12-24-25(16-23)37-15-14-36-24/h7-12,16,19-20H,5-6,13-15,17-18H2,1-4H3,(H,29,33). The first kappa shape index (κ1) is 29.6. The molecule has 38 heavy (non-hydrogen) atoms. The van der Waals surface area contributed by atoms with Gasteiger partial charge in [0.1, 0.15) is 19.3 Å². The molecule has 0 aromatic heterocycles. The number of anilines is 1. The van der Waals surface area contributed by atoms with Gasteiger partial charge in [-0.15, -0.1) is 0 Å². The Morgan fingerprint density at radius 1 is 1.03 bits per heavy atom. The third-order valence-corrected chi connectivity index (χ3v) is 7.53. The number of fused-ring (bicyclic) bond motifs is 1. The van der Waals surface area contributed by atoms with Crippen molar-refractivity contribution in [3.8, 4) is 11.5 Å². The lowest BCUT2D eigenvalue weighted by Gasteiger charge is -2.30. The summed E-state index contributed by atoms with van der Waals surface area (Å²) in [5, 5.41) is 3.47. The van der Waals surface area contributed by atoms with Gasteiger partial charge < -0.3 is 19.7 Å². The van der Waals surface area contributed by atoms with E-state index in [1.54, 1.807) is 37.3 Å². The summed E-state index contributed by atoms with van der Waals surface area (Å²) in [5.74, 6) is 0.826. The molecule has 1 heterocycles. The van der Waals surface area contributed by atoms with E-state index in [0.717, 1.165) is 11.8 Å². The second kappa shape index (κ2) is 13.2. The second-order valence-corrected chi connectivity index (χ2v) is 12.1. The molecule has 0 saturated heterocycles. The summed E-state index contributed by atoms with van der Waals surface area (Å²) >= 11 is 6.01. The van der Waals surface area contributed by atoms with E-state index in [4.69, 9.17) is 21.1 Å². The third kappa shape index (κ3) is 8.26. The van der Waals surface area contributed by atoms with Gasteiger partial charge in [-0.25, -0.2) is 8.42 Å². The molecule has 0 spiro atoms. The van der Waals surface area contributed by atoms with E-state index in [-0.39, 0.29) is 43.7 Å². The molecule has 2 aromatic rings. The van der Waals surface area contributed by atoms with Gasteiger partial charge in [0.05, 0.1) is 11.9 Å². The van der Waals surface area contributed by atoms with Crippen LogP contribution in [0.2, 0.25) is 5.02 Å². The van der Waals surface area contributed by atoms with Crippen molar-refractivity contribution in [3.63, 3.8) is 0 Å². The Morgan fingerprint density at radius 3 is 2.32 bits per heavy atom. The van der Waals surface area contributed by atoms with E-state index in [9.17, 15) is 18.0 Å². The molecule has 1 aliphatic rings. The van der Waals surface area contributed by atoms with Gasteiger partial charge in [0.2, 0.25) is 21.8 Å². The Bertz CT molecular complexity index is 1220. The minimum absolute atomic E-state index is 0.0615. The predicted molar refractivity (Wildman–Crippen MR) is 148 cm³/mol. The number of rotatable bonds is 12. The van der Waals surface area contributed by atoms with E-state index in [1.807, 2.05) is 26.0 Å². The molecule has 2 amide bonds. The zero-order valence-corrected chi connectivity index (χ0v) is 23.8. The molecule has 1 atom stereocenters. The summed E-state index contributed by atoms with van der Waals surface area (Å²) in [5.41, 5.74) is 1.27. The molecule has 2 aromatic carbocycles. The molecule has 0 aliphatic carbocycles. The van der Waals surface area contributed by atoms with Gasteiger partial charge in [0, 0.05) is 37.1 Å². The SMILES string of the molecule is CC(C)CNC(=O)C(C)N(Cc1ccc(Cl)cc1)C(=O)CCCN(c1ccc2c(c1)OCCO2)S(C)(=O)=O. The Hall–Kier alpha value is -2.98. The predicted octanol–water partition coefficient (Wildman–Crippen LogP) is 3.85. The molecule has 1 N–H and O–H groups in total. The maximum absolute atomic E-state index is 13.4. The number of benzene rings is 2. The Kier molecular flexibility index (Phi) is 10.3. The first-order valence-electron chi connectivity index (χ1n) is 12.6. The molecular formula is C27H36ClN3O6S. The number of hydrogen-bond donors (Lipinski definition) is 1. The maximum atomic E-state index is 13.4. The lowest BCUT2D eigenvalue weighted by atomic mass is 10.1. The van der Waals surface area contributed by atoms with Gasteiger partial charge in [-0.2, -0.15) is 0 Å². The lowest BCUT2D eigenvalue weighted by molar-refractivity contribution is -0.140. The van der Waals surface area contributed by atoms with E-state index < -0.39 is 16.1 Å². The van der Waals surface area contributed by atoms with Gasteiger partial charge in [0.25, 0.3) is 0 Å². The molecule has 0 saturated carbocycles. The zero-order valence-electron chi connectivity index (χ0n) is 22.3. The second-order valence-electron chi connectivity index (χ2n) is 9.73. The number of halogens is 1. The first-order chi connectivity index (χ1) is 18.0. The molecule has 3 rings (SSSR count). The fourth-order valence-corrected chi connectivity index (χ4v) is 5.10. The monoisotopic (exact) mass is 565 g/mol. The minimum atomic E-state index is -3.63. The van der Waals surface area contributed by atoms with E-state index in [2.05, 4.69) is 5.32 Å². The van der Waals surface area contributed by atoms with Crippen molar-refractivity contribution in [2.45, 2.75) is 46.2 Å². The summed E-state index contributed by atoms with van der Waals surface area (Å²) in [6.45, 7) is 7.33. The summed E-state index contributed by atoms with van der Waals surface area (Å²) in [6, 6.07) is 11.4. The van der Waals surface area contributed by atoms with Crippen LogP contribution in [-0.2, 0) is 26.2 Å². The number of nitrogens with one attached hydrogen (secondary N) is 1. The van der Waals surface area contributed by atoms with Crippen LogP contribution in [0.4, 0.5) is 5.69 Å². The normalized spacial score (nSPS) is 13.6. The number of sulfonamides is 1. The molecule has 1 aliphatic heterocycles. The van der Waals surface area contributed by atoms with Gasteiger partial charge >= 0.3 is 0 Å². The molecule has 208 valence electrons. The Labute approximate surface area is 230 Å². The third-order valence-electron chi connectivity index (χ3n) is 6.08. The van der Waals surface area contributed by atoms with Crippen LogP contribution in [0.15, 0.2) is 42.5 Å². The highest BCUT2D eigenvalue weighted by Gasteiger charge is 2.27. The van der Waals surface area contributed by atoms with Crippen LogP contribution in [-0.4, -0.2) is 63.7 Å². The average molecular weight is 566 g/mol. The van der Waals surface area contributed by atoms with Gasteiger partial charge in [-0.05, 0) is 49.1 Å². The van der Waals surface area contributed by atoms with E-state index in [1.165, 1.54) is 9.21 Å². The molecular weight excluding hydrogens is 530 g/mol. The molecule has 1 unspecified atom stereocenters. The lowest BCUT2D eigenvalue weighted by Crippen LogP contribution is -2.48. The van der Waals surface area contributed by atoms with Crippen LogP contribution in [0.5, 0.6) is 11.5 Å². The van der Waals surface area contributed by atoms with Crippen LogP contribution >= 0.6 is 11.6 Å². The van der Waals surface area contributed by atoms with Crippen LogP contribution in [0.3, 0.4) is 0 Å². The van der Waals surface area contributed by atoms with Gasteiger partial charge in [-0.3, -0.25) is 13.9 Å². The first-order valence-corrected chi connectivity index (χ1v) is 14.9. The number of ether oxygens (including phenoxy) is 2. The number of hydrogen-bond acceptors (Lipinski definition) is 6. The average Bonchev–Trinajstić information content (AvgIpc) is 2.87. The van der Waals surface area contributed by atoms with Crippen molar-refractivity contribution in [1.29, 1.82) is 0 Å². The zero-order chi connectivity index (χ0) is 27.9. The van der Waals surface area contributed by atoms with Crippen LogP contribution in [0.1, 0.15) is 39.2 Å². The largest absolute Gasteiger partial charge is 0.486 e. The fourth-order valence-electron chi connectivity index (χ4n) is 4.01. The Morgan fingerprint density at radius 2 is 1.68 bits per heavy atom. The van der Waals surface area contributed by atoms with E-state index in [0.29, 0.717) is 42.0 Å². The Balaban J connectivity index is 1.72. The number of carbonyl (C=O) groups excluding carboxylic acids is 2. The molecule has 9 nitrogen and oxygen atoms in total. The van der Waals surface area contributed by atoms with E-state index >= 15 is 0 Å². The summed E-state index contributed by atoms with van der Waals surface area (Å²) < 4.78 is 37.6. The van der Waals surface area contributed by atoms with Crippen molar-refractivity contribution in [2.75, 3.05) is 36.9 Å². The highest BCUT2D eigenvalue weighted by Crippen LogP contribution is 2.34. The van der Waals surface area contributed by atoms with Crippen molar-refractivity contribution in [3.05, 3.63) is 53.1 Å². The quantitative estimate of drug-likeness (QED) is 0.419. The topological polar surface area (TPSA) is 105 Å². The van der Waals surface area contributed by atoms with Gasteiger partial charge in [0.15, 0.2) is 11.5 Å². The minimum Gasteiger partial charge on any atom is -0.486 e. The van der Waals surface area contributed by atoms with Gasteiger partial charge in [-0.1, -0.05) is 37.6 Å². The smallest absolute Gasteiger partial charge is 0.242 e. The highest BCUT2D eigenvalue weighted by molar-refractivity contribution is 7.92. The number of nitrogens with zero attached hydrogens (tertiary/aromatic N) is 2. The van der Waals surface area contributed by atoms with Crippen molar-refractivity contribution >= 4 is 39.1 Å². The maximum Gasteiger partial charge on any atom is 0.242 e. The van der Waals surface area contributed by atoms with Crippen molar-refractivity contribution < 1.29 is 27.5 Å². The summed E-state index contributed by atoms with van der Waals surface area (Å²) in [7, 11) is -3.63. The van der Waals surface area contributed by atoms with Crippen LogP contribution < -0.4 is 19.1 Å². The number of carbonyl (C=O) groups is 2.